The van der Waals surface area contributed by atoms with Gasteiger partial charge in [-0.25, -0.2) is 0 Å². The fourth-order valence-electron chi connectivity index (χ4n) is 2.43. The Kier molecular flexibility index (Phi) is 4.55. The topological polar surface area (TPSA) is 57.6 Å². The van der Waals surface area contributed by atoms with E-state index in [4.69, 9.17) is 28.3 Å². The minimum atomic E-state index is -0.895. The van der Waals surface area contributed by atoms with Crippen LogP contribution in [0.4, 0.5) is 0 Å². The molecule has 1 aliphatic rings. The number of carbonyl (C=O) groups excluding carboxylic acids is 1. The van der Waals surface area contributed by atoms with E-state index in [1.807, 2.05) is 0 Å². The van der Waals surface area contributed by atoms with Crippen molar-refractivity contribution >= 4 is 35.1 Å². The Morgan fingerprint density at radius 3 is 2.20 bits per heavy atom. The second-order valence-electron chi connectivity index (χ2n) is 5.10. The molecule has 0 saturated heterocycles. The van der Waals surface area contributed by atoms with Crippen molar-refractivity contribution in [3.63, 3.8) is 0 Å². The summed E-state index contributed by atoms with van der Waals surface area (Å²) in [6.07, 6.45) is 1.21. The molecule has 1 amide bonds. The zero-order valence-electron chi connectivity index (χ0n) is 11.0. The summed E-state index contributed by atoms with van der Waals surface area (Å²) >= 11 is 11.8. The molecule has 1 aromatic rings. The van der Waals surface area contributed by atoms with Gasteiger partial charge in [0.15, 0.2) is 0 Å². The molecule has 1 aromatic carbocycles. The molecular formula is C14H15Cl2NO3. The predicted octanol–water partition coefficient (Wildman–Crippen LogP) is 3.06. The fourth-order valence-corrected chi connectivity index (χ4v) is 3.00. The first-order valence-corrected chi connectivity index (χ1v) is 7.07. The summed E-state index contributed by atoms with van der Waals surface area (Å²) in [5.41, 5.74) is 0.824. The lowest BCUT2D eigenvalue weighted by Gasteiger charge is -2.35. The van der Waals surface area contributed by atoms with Crippen molar-refractivity contribution in [2.45, 2.75) is 19.4 Å². The van der Waals surface area contributed by atoms with Crippen LogP contribution in [0.1, 0.15) is 18.4 Å². The highest BCUT2D eigenvalue weighted by Crippen LogP contribution is 2.36. The molecule has 20 heavy (non-hydrogen) atoms. The SMILES string of the molecule is CN(Cc1cc(Cl)cc(Cl)c1)C(=O)C1CCC1C(=O)O. The summed E-state index contributed by atoms with van der Waals surface area (Å²) in [5, 5.41) is 10.0. The molecule has 0 radical (unpaired) electrons. The highest BCUT2D eigenvalue weighted by molar-refractivity contribution is 6.34. The number of hydrogen-bond donors (Lipinski definition) is 1. The predicted molar refractivity (Wildman–Crippen MR) is 76.8 cm³/mol. The van der Waals surface area contributed by atoms with Gasteiger partial charge >= 0.3 is 5.97 Å². The number of carboxylic acids is 1. The number of rotatable bonds is 4. The van der Waals surface area contributed by atoms with Crippen LogP contribution >= 0.6 is 23.2 Å². The zero-order valence-corrected chi connectivity index (χ0v) is 12.5. The molecule has 0 aliphatic heterocycles. The quantitative estimate of drug-likeness (QED) is 0.929. The number of aliphatic carboxylic acids is 1. The van der Waals surface area contributed by atoms with Gasteiger partial charge in [0, 0.05) is 23.6 Å². The van der Waals surface area contributed by atoms with Crippen LogP contribution in [0.15, 0.2) is 18.2 Å². The van der Waals surface area contributed by atoms with E-state index in [0.717, 1.165) is 5.56 Å². The summed E-state index contributed by atoms with van der Waals surface area (Å²) in [6.45, 7) is 0.363. The molecule has 108 valence electrons. The van der Waals surface area contributed by atoms with Crippen LogP contribution in [0.25, 0.3) is 0 Å². The summed E-state index contributed by atoms with van der Waals surface area (Å²) in [6, 6.07) is 5.11. The van der Waals surface area contributed by atoms with E-state index in [1.165, 1.54) is 4.90 Å². The van der Waals surface area contributed by atoms with Crippen LogP contribution in [0.3, 0.4) is 0 Å². The van der Waals surface area contributed by atoms with Gasteiger partial charge in [0.05, 0.1) is 11.8 Å². The lowest BCUT2D eigenvalue weighted by atomic mass is 9.73. The van der Waals surface area contributed by atoms with Crippen LogP contribution in [-0.2, 0) is 16.1 Å². The highest BCUT2D eigenvalue weighted by Gasteiger charge is 2.42. The number of nitrogens with zero attached hydrogens (tertiary/aromatic N) is 1. The number of carboxylic acid groups (broad SMARTS) is 1. The fraction of sp³-hybridized carbons (Fsp3) is 0.429. The third-order valence-corrected chi connectivity index (χ3v) is 4.06. The van der Waals surface area contributed by atoms with Crippen molar-refractivity contribution < 1.29 is 14.7 Å². The summed E-state index contributed by atoms with van der Waals surface area (Å²) in [7, 11) is 1.66. The Hall–Kier alpha value is -1.26. The molecule has 1 fully saturated rings. The Bertz CT molecular complexity index is 527. The lowest BCUT2D eigenvalue weighted by molar-refractivity contribution is -0.156. The molecule has 1 N–H and O–H groups in total. The van der Waals surface area contributed by atoms with E-state index in [-0.39, 0.29) is 5.91 Å². The van der Waals surface area contributed by atoms with Crippen molar-refractivity contribution in [3.8, 4) is 0 Å². The van der Waals surface area contributed by atoms with Gasteiger partial charge in [0.2, 0.25) is 5.91 Å². The van der Waals surface area contributed by atoms with Crippen molar-refractivity contribution in [3.05, 3.63) is 33.8 Å². The van der Waals surface area contributed by atoms with Gasteiger partial charge in [-0.05, 0) is 36.6 Å². The van der Waals surface area contributed by atoms with Gasteiger partial charge in [0.1, 0.15) is 0 Å². The maximum atomic E-state index is 12.2. The maximum absolute atomic E-state index is 12.2. The van der Waals surface area contributed by atoms with Crippen LogP contribution in [-0.4, -0.2) is 28.9 Å². The molecule has 2 atom stereocenters. The monoisotopic (exact) mass is 315 g/mol. The second kappa shape index (κ2) is 6.02. The van der Waals surface area contributed by atoms with Crippen molar-refractivity contribution in [2.75, 3.05) is 7.05 Å². The van der Waals surface area contributed by atoms with E-state index in [0.29, 0.717) is 29.4 Å². The third-order valence-electron chi connectivity index (χ3n) is 3.63. The van der Waals surface area contributed by atoms with Gasteiger partial charge in [-0.1, -0.05) is 23.2 Å². The Balaban J connectivity index is 2.02. The molecule has 1 saturated carbocycles. The maximum Gasteiger partial charge on any atom is 0.307 e. The molecule has 6 heteroatoms. The Morgan fingerprint density at radius 1 is 1.20 bits per heavy atom. The van der Waals surface area contributed by atoms with Gasteiger partial charge < -0.3 is 10.0 Å². The summed E-state index contributed by atoms with van der Waals surface area (Å²) in [4.78, 5) is 24.7. The Labute approximate surface area is 127 Å². The molecule has 4 nitrogen and oxygen atoms in total. The van der Waals surface area contributed by atoms with Gasteiger partial charge in [-0.15, -0.1) is 0 Å². The van der Waals surface area contributed by atoms with Gasteiger partial charge in [-0.3, -0.25) is 9.59 Å². The molecule has 0 aromatic heterocycles. The first kappa shape index (κ1) is 15.1. The minimum Gasteiger partial charge on any atom is -0.481 e. The van der Waals surface area contributed by atoms with Crippen molar-refractivity contribution in [2.24, 2.45) is 11.8 Å². The highest BCUT2D eigenvalue weighted by atomic mass is 35.5. The first-order chi connectivity index (χ1) is 9.38. The molecule has 0 heterocycles. The average Bonchev–Trinajstić information content (AvgIpc) is 2.24. The number of amides is 1. The molecule has 2 unspecified atom stereocenters. The number of hydrogen-bond acceptors (Lipinski definition) is 2. The van der Waals surface area contributed by atoms with Crippen LogP contribution in [0.2, 0.25) is 10.0 Å². The van der Waals surface area contributed by atoms with Crippen LogP contribution in [0.5, 0.6) is 0 Å². The standard InChI is InChI=1S/C14H15Cl2NO3/c1-17(7-8-4-9(15)6-10(16)5-8)13(18)11-2-3-12(11)14(19)20/h4-6,11-12H,2-3,7H2,1H3,(H,19,20). The normalized spacial score (nSPS) is 21.1. The van der Waals surface area contributed by atoms with Crippen molar-refractivity contribution in [1.82, 2.24) is 4.90 Å². The third kappa shape index (κ3) is 3.25. The summed E-state index contributed by atoms with van der Waals surface area (Å²) in [5.74, 6) is -1.99. The molecular weight excluding hydrogens is 301 g/mol. The van der Waals surface area contributed by atoms with E-state index >= 15 is 0 Å². The second-order valence-corrected chi connectivity index (χ2v) is 5.97. The first-order valence-electron chi connectivity index (χ1n) is 6.31. The average molecular weight is 316 g/mol. The lowest BCUT2D eigenvalue weighted by Crippen LogP contribution is -2.44. The molecule has 0 bridgehead atoms. The number of carbonyl (C=O) groups is 2. The van der Waals surface area contributed by atoms with Crippen LogP contribution in [0, 0.1) is 11.8 Å². The van der Waals surface area contributed by atoms with E-state index in [1.54, 1.807) is 25.2 Å². The van der Waals surface area contributed by atoms with Crippen LogP contribution < -0.4 is 0 Å². The van der Waals surface area contributed by atoms with E-state index in [9.17, 15) is 9.59 Å². The Morgan fingerprint density at radius 2 is 1.75 bits per heavy atom. The zero-order chi connectivity index (χ0) is 14.9. The largest absolute Gasteiger partial charge is 0.481 e. The van der Waals surface area contributed by atoms with E-state index < -0.39 is 17.8 Å². The number of benzene rings is 1. The van der Waals surface area contributed by atoms with Gasteiger partial charge in [0.25, 0.3) is 0 Å². The minimum absolute atomic E-state index is 0.139. The van der Waals surface area contributed by atoms with Gasteiger partial charge in [-0.2, -0.15) is 0 Å². The molecule has 1 aliphatic carbocycles. The summed E-state index contributed by atoms with van der Waals surface area (Å²) < 4.78 is 0. The number of halogens is 2. The molecule has 2 rings (SSSR count). The van der Waals surface area contributed by atoms with Crippen molar-refractivity contribution in [1.29, 1.82) is 0 Å². The molecule has 0 spiro atoms. The smallest absolute Gasteiger partial charge is 0.307 e. The van der Waals surface area contributed by atoms with E-state index in [2.05, 4.69) is 0 Å².